The first-order valence-electron chi connectivity index (χ1n) is 20.0. The van der Waals surface area contributed by atoms with Gasteiger partial charge < -0.3 is 40.5 Å². The predicted octanol–water partition coefficient (Wildman–Crippen LogP) is 1.20. The quantitative estimate of drug-likeness (QED) is 0.259. The van der Waals surface area contributed by atoms with E-state index in [-0.39, 0.29) is 56.5 Å². The molecule has 7 atom stereocenters. The molecule has 3 aliphatic rings. The van der Waals surface area contributed by atoms with Crippen LogP contribution in [0, 0.1) is 0 Å². The van der Waals surface area contributed by atoms with E-state index in [1.165, 1.54) is 47.0 Å². The van der Waals surface area contributed by atoms with E-state index in [0.29, 0.717) is 6.42 Å². The molecule has 60 heavy (non-hydrogen) atoms. The normalized spacial score (nSPS) is 26.1. The third-order valence-corrected chi connectivity index (χ3v) is 11.2. The van der Waals surface area contributed by atoms with Crippen LogP contribution in [-0.4, -0.2) is 128 Å². The Morgan fingerprint density at radius 2 is 1.53 bits per heavy atom. The van der Waals surface area contributed by atoms with Gasteiger partial charge in [-0.1, -0.05) is 67.6 Å². The van der Waals surface area contributed by atoms with E-state index >= 15 is 0 Å². The molecule has 3 fully saturated rings. The molecule has 6 rings (SSSR count). The van der Waals surface area contributed by atoms with Crippen LogP contribution in [0.25, 0.3) is 0 Å². The van der Waals surface area contributed by atoms with Crippen LogP contribution in [0.15, 0.2) is 79.0 Å². The van der Waals surface area contributed by atoms with Gasteiger partial charge in [-0.3, -0.25) is 33.6 Å². The van der Waals surface area contributed by atoms with Crippen molar-refractivity contribution in [3.05, 3.63) is 95.8 Å². The molecule has 4 N–H and O–H groups in total. The number of nitrogens with one attached hydrogen (secondary N) is 3. The largest absolute Gasteiger partial charge is 0.505 e. The summed E-state index contributed by atoms with van der Waals surface area (Å²) in [6, 6.07) is 11.7. The fraction of sp³-hybridized carbons (Fsp3) is 0.419. The molecule has 17 nitrogen and oxygen atoms in total. The summed E-state index contributed by atoms with van der Waals surface area (Å²) >= 11 is 0. The average Bonchev–Trinajstić information content (AvgIpc) is 3.75. The van der Waals surface area contributed by atoms with E-state index in [4.69, 9.17) is 4.74 Å². The number of piperidine rings is 1. The van der Waals surface area contributed by atoms with Gasteiger partial charge in [0.15, 0.2) is 11.7 Å². The Morgan fingerprint density at radius 1 is 0.850 bits per heavy atom. The van der Waals surface area contributed by atoms with Crippen LogP contribution in [-0.2, 0) is 44.7 Å². The first-order valence-corrected chi connectivity index (χ1v) is 20.0. The van der Waals surface area contributed by atoms with E-state index in [1.807, 2.05) is 6.07 Å². The Kier molecular flexibility index (Phi) is 13.6. The third-order valence-electron chi connectivity index (χ3n) is 11.2. The second-order valence-electron chi connectivity index (χ2n) is 15.2. The van der Waals surface area contributed by atoms with Gasteiger partial charge in [-0.2, -0.15) is 0 Å². The minimum Gasteiger partial charge on any atom is -0.505 e. The zero-order valence-corrected chi connectivity index (χ0v) is 33.6. The van der Waals surface area contributed by atoms with Gasteiger partial charge in [0.25, 0.3) is 5.91 Å². The van der Waals surface area contributed by atoms with Crippen molar-refractivity contribution in [2.24, 2.45) is 0 Å². The molecule has 0 bridgehead atoms. The molecule has 1 aromatic heterocycles. The van der Waals surface area contributed by atoms with Gasteiger partial charge in [0.1, 0.15) is 47.8 Å². The number of pyridine rings is 1. The Morgan fingerprint density at radius 3 is 2.22 bits per heavy atom. The summed E-state index contributed by atoms with van der Waals surface area (Å²) in [4.78, 5) is 121. The summed E-state index contributed by atoms with van der Waals surface area (Å²) in [6.07, 6.45) is 0.235. The van der Waals surface area contributed by atoms with Gasteiger partial charge in [0.2, 0.25) is 29.5 Å². The van der Waals surface area contributed by atoms with Crippen molar-refractivity contribution in [1.82, 2.24) is 35.6 Å². The zero-order chi connectivity index (χ0) is 43.1. The van der Waals surface area contributed by atoms with Crippen LogP contribution in [0.1, 0.15) is 73.6 Å². The molecule has 316 valence electrons. The SMILES string of the molecule is CC[C@H]1NC(=O)[C@@H](NC(=O)c2ncccc2O)[C@H](C)OC(=O)[C@@H](c2ccccc2)NC(=O)[C@H]2CC(=O)CCN2C(=O)[C@@H](Cc2ccccc2)N(C)C(=O)[C@H]2CCCN2C1=O. The number of fused-ring (bicyclic) bond motifs is 2. The number of aromatic nitrogens is 1. The molecule has 0 aliphatic carbocycles. The van der Waals surface area contributed by atoms with Crippen LogP contribution in [0.4, 0.5) is 0 Å². The van der Waals surface area contributed by atoms with E-state index in [9.17, 15) is 43.5 Å². The highest BCUT2D eigenvalue weighted by Crippen LogP contribution is 2.26. The van der Waals surface area contributed by atoms with Crippen LogP contribution in [0.5, 0.6) is 5.75 Å². The van der Waals surface area contributed by atoms with Gasteiger partial charge in [0, 0.05) is 45.6 Å². The van der Waals surface area contributed by atoms with Crippen LogP contribution in [0.2, 0.25) is 0 Å². The molecule has 0 spiro atoms. The highest BCUT2D eigenvalue weighted by Gasteiger charge is 2.45. The number of carbonyl (C=O) groups excluding carboxylic acids is 8. The highest BCUT2D eigenvalue weighted by molar-refractivity contribution is 6.01. The first-order chi connectivity index (χ1) is 28.8. The number of Topliss-reactive ketones (excluding diaryl/α,β-unsaturated/α-hetero) is 1. The van der Waals surface area contributed by atoms with Crippen molar-refractivity contribution in [3.63, 3.8) is 0 Å². The number of likely N-dealkylation sites (N-methyl/N-ethyl adjacent to an activating group) is 1. The number of benzene rings is 2. The topological polar surface area (TPSA) is 225 Å². The zero-order valence-electron chi connectivity index (χ0n) is 33.6. The van der Waals surface area contributed by atoms with E-state index in [2.05, 4.69) is 20.9 Å². The number of rotatable bonds is 6. The molecular weight excluding hydrogens is 775 g/mol. The molecule has 0 saturated carbocycles. The number of ether oxygens (including phenoxy) is 1. The van der Waals surface area contributed by atoms with Gasteiger partial charge in [-0.25, -0.2) is 9.78 Å². The maximum absolute atomic E-state index is 14.8. The van der Waals surface area contributed by atoms with Gasteiger partial charge >= 0.3 is 5.97 Å². The summed E-state index contributed by atoms with van der Waals surface area (Å²) in [6.45, 7) is 3.03. The van der Waals surface area contributed by atoms with Gasteiger partial charge in [-0.05, 0) is 49.4 Å². The maximum Gasteiger partial charge on any atom is 0.333 e. The molecule has 3 aromatic rings. The molecule has 2 aromatic carbocycles. The molecule has 0 radical (unpaired) electrons. The minimum atomic E-state index is -1.68. The number of amides is 6. The van der Waals surface area contributed by atoms with Crippen molar-refractivity contribution in [2.45, 2.75) is 94.7 Å². The lowest BCUT2D eigenvalue weighted by molar-refractivity contribution is -0.156. The minimum absolute atomic E-state index is 0.0410. The lowest BCUT2D eigenvalue weighted by Crippen LogP contribution is -2.61. The Balaban J connectivity index is 1.43. The standard InChI is InChI=1S/C43H49N7O10/c1-4-29-40(56)49-21-12-17-30(49)41(57)48(3)32(23-26-13-7-5-8-14-26)42(58)50-22-19-28(51)24-31(50)37(53)47-35(27-15-9-6-10-16-27)43(59)60-25(2)34(38(54)45-29)46-39(55)36-33(52)18-11-20-44-36/h5-11,13-16,18,20,25,29-32,34-35,52H,4,12,17,19,21-24H2,1-3H3,(H,45,54)(H,46,55)(H,47,53)/t25-,29+,30+,31+,32+,34-,35+/m0/s1. The smallest absolute Gasteiger partial charge is 0.333 e. The second-order valence-corrected chi connectivity index (χ2v) is 15.2. The number of hydrogen-bond donors (Lipinski definition) is 4. The molecular formula is C43H49N7O10. The fourth-order valence-electron chi connectivity index (χ4n) is 7.88. The third kappa shape index (κ3) is 9.45. The number of ketones is 1. The highest BCUT2D eigenvalue weighted by atomic mass is 16.5. The first kappa shape index (κ1) is 42.9. The Labute approximate surface area is 346 Å². The average molecular weight is 824 g/mol. The van der Waals surface area contributed by atoms with Crippen molar-refractivity contribution in [1.29, 1.82) is 0 Å². The number of nitrogens with zero attached hydrogens (tertiary/aromatic N) is 4. The molecule has 4 heterocycles. The molecule has 6 amide bonds. The van der Waals surface area contributed by atoms with Crippen molar-refractivity contribution in [2.75, 3.05) is 20.1 Å². The summed E-state index contributed by atoms with van der Waals surface area (Å²) in [5.41, 5.74) is 0.560. The van der Waals surface area contributed by atoms with Crippen molar-refractivity contribution >= 4 is 47.2 Å². The number of aromatic hydroxyl groups is 1. The molecule has 0 unspecified atom stereocenters. The fourth-order valence-corrected chi connectivity index (χ4v) is 7.88. The van der Waals surface area contributed by atoms with E-state index in [0.717, 1.165) is 5.56 Å². The number of carbonyl (C=O) groups is 8. The second kappa shape index (κ2) is 18.9. The molecule has 3 aliphatic heterocycles. The summed E-state index contributed by atoms with van der Waals surface area (Å²) in [5.74, 6) is -6.30. The Hall–Kier alpha value is -6.65. The molecule has 3 saturated heterocycles. The van der Waals surface area contributed by atoms with E-state index in [1.54, 1.807) is 61.5 Å². The van der Waals surface area contributed by atoms with E-state index < -0.39 is 95.2 Å². The Bertz CT molecular complexity index is 2120. The number of hydrogen-bond acceptors (Lipinski definition) is 11. The van der Waals surface area contributed by atoms with Crippen molar-refractivity contribution in [3.8, 4) is 5.75 Å². The summed E-state index contributed by atoms with van der Waals surface area (Å²) < 4.78 is 5.83. The lowest BCUT2D eigenvalue weighted by Gasteiger charge is -2.40. The number of esters is 1. The molecule has 17 heteroatoms. The lowest BCUT2D eigenvalue weighted by atomic mass is 9.95. The van der Waals surface area contributed by atoms with Crippen molar-refractivity contribution < 1.29 is 48.2 Å². The van der Waals surface area contributed by atoms with Crippen LogP contribution < -0.4 is 16.0 Å². The van der Waals surface area contributed by atoms with Gasteiger partial charge in [-0.15, -0.1) is 0 Å². The van der Waals surface area contributed by atoms with Gasteiger partial charge in [0.05, 0.1) is 0 Å². The van der Waals surface area contributed by atoms with Crippen LogP contribution >= 0.6 is 0 Å². The van der Waals surface area contributed by atoms with Crippen LogP contribution in [0.3, 0.4) is 0 Å². The maximum atomic E-state index is 14.8. The predicted molar refractivity (Wildman–Crippen MR) is 213 cm³/mol. The summed E-state index contributed by atoms with van der Waals surface area (Å²) in [5, 5.41) is 18.2. The summed E-state index contributed by atoms with van der Waals surface area (Å²) in [7, 11) is 1.47. The number of cyclic esters (lactones) is 1. The monoisotopic (exact) mass is 823 g/mol.